The van der Waals surface area contributed by atoms with Crippen LogP contribution in [0.5, 0.6) is 0 Å². The van der Waals surface area contributed by atoms with Gasteiger partial charge in [0.2, 0.25) is 0 Å². The molecular formula is C16H19ClOS. The second-order valence-corrected chi connectivity index (χ2v) is 6.63. The molecule has 0 radical (unpaired) electrons. The van der Waals surface area contributed by atoms with Crippen LogP contribution in [0, 0.1) is 6.92 Å². The third-order valence-electron chi connectivity index (χ3n) is 3.15. The first-order valence-electron chi connectivity index (χ1n) is 6.49. The molecule has 0 saturated carbocycles. The molecule has 0 fully saturated rings. The van der Waals surface area contributed by atoms with Crippen molar-refractivity contribution in [1.29, 1.82) is 0 Å². The predicted octanol–water partition coefficient (Wildman–Crippen LogP) is 5.53. The normalized spacial score (nSPS) is 21.4. The van der Waals surface area contributed by atoms with Crippen LogP contribution in [0.3, 0.4) is 0 Å². The Morgan fingerprint density at radius 3 is 2.89 bits per heavy atom. The zero-order chi connectivity index (χ0) is 13.8. The quantitative estimate of drug-likeness (QED) is 0.712. The largest absolute Gasteiger partial charge is 0.368 e. The maximum absolute atomic E-state index is 6.09. The van der Waals surface area contributed by atoms with Crippen molar-refractivity contribution in [3.8, 4) is 0 Å². The summed E-state index contributed by atoms with van der Waals surface area (Å²) in [6.07, 6.45) is 5.97. The molecule has 0 amide bonds. The molecule has 0 bridgehead atoms. The summed E-state index contributed by atoms with van der Waals surface area (Å²) in [6.45, 7) is 8.73. The highest BCUT2D eigenvalue weighted by molar-refractivity contribution is 7.12. The Kier molecular flexibility index (Phi) is 5.03. The van der Waals surface area contributed by atoms with E-state index in [1.54, 1.807) is 11.3 Å². The Balaban J connectivity index is 2.48. The first-order valence-corrected chi connectivity index (χ1v) is 7.68. The standard InChI is InChI=1S/C16H19ClOS/c1-4-13-6-5-9-18-16(14(13)10-11(2)17)15-8-7-12(3)19-15/h4,7-8,10,16H,1,5-6,9H2,2-3H3/b11-10+. The van der Waals surface area contributed by atoms with Crippen molar-refractivity contribution in [2.24, 2.45) is 0 Å². The molecule has 1 aromatic rings. The van der Waals surface area contributed by atoms with Gasteiger partial charge in [0.25, 0.3) is 0 Å². The predicted molar refractivity (Wildman–Crippen MR) is 83.8 cm³/mol. The van der Waals surface area contributed by atoms with E-state index in [2.05, 4.69) is 25.6 Å². The van der Waals surface area contributed by atoms with Crippen molar-refractivity contribution in [2.75, 3.05) is 6.61 Å². The molecule has 0 N–H and O–H groups in total. The topological polar surface area (TPSA) is 9.23 Å². The summed E-state index contributed by atoms with van der Waals surface area (Å²) >= 11 is 7.87. The highest BCUT2D eigenvalue weighted by Gasteiger charge is 2.22. The lowest BCUT2D eigenvalue weighted by molar-refractivity contribution is 0.0854. The lowest BCUT2D eigenvalue weighted by Gasteiger charge is -2.17. The monoisotopic (exact) mass is 294 g/mol. The van der Waals surface area contributed by atoms with Gasteiger partial charge in [-0.15, -0.1) is 11.3 Å². The Morgan fingerprint density at radius 2 is 2.32 bits per heavy atom. The molecular weight excluding hydrogens is 276 g/mol. The third kappa shape index (κ3) is 3.59. The maximum Gasteiger partial charge on any atom is 0.117 e. The third-order valence-corrected chi connectivity index (χ3v) is 4.30. The number of rotatable bonds is 3. The van der Waals surface area contributed by atoms with Gasteiger partial charge in [0, 0.05) is 21.4 Å². The molecule has 0 saturated heterocycles. The van der Waals surface area contributed by atoms with Crippen molar-refractivity contribution in [3.05, 3.63) is 56.8 Å². The molecule has 1 aliphatic rings. The molecule has 3 heteroatoms. The van der Waals surface area contributed by atoms with E-state index in [4.69, 9.17) is 16.3 Å². The molecule has 2 rings (SSSR count). The summed E-state index contributed by atoms with van der Waals surface area (Å²) in [5, 5.41) is 0.776. The number of hydrogen-bond donors (Lipinski definition) is 0. The van der Waals surface area contributed by atoms with Crippen molar-refractivity contribution in [1.82, 2.24) is 0 Å². The Hall–Kier alpha value is -0.830. The maximum atomic E-state index is 6.09. The zero-order valence-electron chi connectivity index (χ0n) is 11.4. The van der Waals surface area contributed by atoms with E-state index in [0.29, 0.717) is 0 Å². The van der Waals surface area contributed by atoms with Gasteiger partial charge in [-0.1, -0.05) is 24.3 Å². The Bertz CT molecular complexity index is 521. The van der Waals surface area contributed by atoms with Gasteiger partial charge in [-0.3, -0.25) is 0 Å². The highest BCUT2D eigenvalue weighted by atomic mass is 35.5. The number of hydrogen-bond acceptors (Lipinski definition) is 2. The molecule has 0 aromatic carbocycles. The fraction of sp³-hybridized carbons (Fsp3) is 0.375. The molecule has 1 atom stereocenters. The minimum Gasteiger partial charge on any atom is -0.368 e. The summed E-state index contributed by atoms with van der Waals surface area (Å²) in [5.74, 6) is 0. The molecule has 1 aromatic heterocycles. The van der Waals surface area contributed by atoms with Crippen LogP contribution in [-0.2, 0) is 4.74 Å². The number of thiophene rings is 1. The average molecular weight is 295 g/mol. The van der Waals surface area contributed by atoms with Crippen LogP contribution in [0.15, 0.2) is 47.0 Å². The van der Waals surface area contributed by atoms with Gasteiger partial charge in [-0.2, -0.15) is 0 Å². The van der Waals surface area contributed by atoms with Crippen LogP contribution in [0.1, 0.15) is 35.6 Å². The van der Waals surface area contributed by atoms with Crippen molar-refractivity contribution in [2.45, 2.75) is 32.8 Å². The van der Waals surface area contributed by atoms with Gasteiger partial charge in [0.05, 0.1) is 0 Å². The van der Waals surface area contributed by atoms with Crippen LogP contribution in [0.2, 0.25) is 0 Å². The minimum absolute atomic E-state index is 0.0112. The summed E-state index contributed by atoms with van der Waals surface area (Å²) < 4.78 is 6.05. The van der Waals surface area contributed by atoms with Gasteiger partial charge in [-0.25, -0.2) is 0 Å². The number of allylic oxidation sites excluding steroid dienone is 3. The average Bonchev–Trinajstić information content (AvgIpc) is 2.68. The number of aryl methyl sites for hydroxylation is 1. The van der Waals surface area contributed by atoms with Gasteiger partial charge in [0.1, 0.15) is 6.10 Å². The van der Waals surface area contributed by atoms with E-state index in [0.717, 1.165) is 30.1 Å². The van der Waals surface area contributed by atoms with Crippen LogP contribution in [-0.4, -0.2) is 6.61 Å². The van der Waals surface area contributed by atoms with E-state index in [-0.39, 0.29) is 6.10 Å². The Labute approximate surface area is 124 Å². The Morgan fingerprint density at radius 1 is 1.53 bits per heavy atom. The van der Waals surface area contributed by atoms with E-state index < -0.39 is 0 Å². The lowest BCUT2D eigenvalue weighted by Crippen LogP contribution is -2.05. The fourth-order valence-corrected chi connectivity index (χ4v) is 3.36. The lowest BCUT2D eigenvalue weighted by atomic mass is 9.98. The zero-order valence-corrected chi connectivity index (χ0v) is 13.0. The van der Waals surface area contributed by atoms with Crippen LogP contribution in [0.25, 0.3) is 0 Å². The first-order chi connectivity index (χ1) is 9.11. The van der Waals surface area contributed by atoms with Crippen molar-refractivity contribution in [3.63, 3.8) is 0 Å². The van der Waals surface area contributed by atoms with E-state index in [1.165, 1.54) is 15.3 Å². The first kappa shape index (κ1) is 14.6. The second-order valence-electron chi connectivity index (χ2n) is 4.72. The number of halogens is 1. The fourth-order valence-electron chi connectivity index (χ4n) is 2.30. The SMILES string of the molecule is C=CC1=C(/C=C(\C)Cl)C(c2ccc(C)s2)OCCC1. The summed E-state index contributed by atoms with van der Waals surface area (Å²) in [6, 6.07) is 4.28. The number of ether oxygens (including phenoxy) is 1. The van der Waals surface area contributed by atoms with Gasteiger partial charge in [0.15, 0.2) is 0 Å². The molecule has 1 unspecified atom stereocenters. The molecule has 1 aliphatic heterocycles. The van der Waals surface area contributed by atoms with Gasteiger partial charge >= 0.3 is 0 Å². The van der Waals surface area contributed by atoms with Crippen LogP contribution < -0.4 is 0 Å². The molecule has 2 heterocycles. The summed E-state index contributed by atoms with van der Waals surface area (Å²) in [4.78, 5) is 2.54. The summed E-state index contributed by atoms with van der Waals surface area (Å²) in [5.41, 5.74) is 2.40. The van der Waals surface area contributed by atoms with E-state index >= 15 is 0 Å². The highest BCUT2D eigenvalue weighted by Crippen LogP contribution is 2.37. The molecule has 0 spiro atoms. The van der Waals surface area contributed by atoms with E-state index in [1.807, 2.05) is 19.1 Å². The van der Waals surface area contributed by atoms with E-state index in [9.17, 15) is 0 Å². The van der Waals surface area contributed by atoms with Crippen LogP contribution in [0.4, 0.5) is 0 Å². The molecule has 1 nitrogen and oxygen atoms in total. The van der Waals surface area contributed by atoms with Crippen molar-refractivity contribution < 1.29 is 4.74 Å². The van der Waals surface area contributed by atoms with Crippen molar-refractivity contribution >= 4 is 22.9 Å². The van der Waals surface area contributed by atoms with Gasteiger partial charge in [-0.05, 0) is 56.0 Å². The molecule has 19 heavy (non-hydrogen) atoms. The summed E-state index contributed by atoms with van der Waals surface area (Å²) in [7, 11) is 0. The molecule has 102 valence electrons. The smallest absolute Gasteiger partial charge is 0.117 e. The minimum atomic E-state index is -0.0112. The molecule has 0 aliphatic carbocycles. The van der Waals surface area contributed by atoms with Gasteiger partial charge < -0.3 is 4.74 Å². The second kappa shape index (κ2) is 6.56. The van der Waals surface area contributed by atoms with Crippen LogP contribution >= 0.6 is 22.9 Å².